The number of thiophene rings is 1. The Morgan fingerprint density at radius 2 is 1.86 bits per heavy atom. The number of nitro benzene ring substituents is 1. The molecule has 2 N–H and O–H groups in total. The third-order valence-corrected chi connectivity index (χ3v) is 12.3. The van der Waals surface area contributed by atoms with Crippen LogP contribution in [0.15, 0.2) is 72.1 Å². The number of nitrogens with zero attached hydrogens (tertiary/aromatic N) is 3. The first kappa shape index (κ1) is 32.0. The second kappa shape index (κ2) is 12.9. The van der Waals surface area contributed by atoms with Crippen molar-refractivity contribution in [1.29, 1.82) is 0 Å². The molecule has 5 atom stereocenters. The SMILES string of the molecule is CS[C@@]1(C(=O)O)N2C(=O)[C@@H](NC(=O)C(c3cccs3)N(C)OCc3ccc([N+](=O)[O-])cc3)[C@H]2SC1(C)CCc1ccccc1. The van der Waals surface area contributed by atoms with Crippen molar-refractivity contribution < 1.29 is 29.3 Å². The number of aryl methyl sites for hydroxylation is 1. The molecule has 2 aliphatic rings. The summed E-state index contributed by atoms with van der Waals surface area (Å²) in [5.74, 6) is -1.97. The van der Waals surface area contributed by atoms with E-state index in [-0.39, 0.29) is 12.3 Å². The number of thioether (sulfide) groups is 2. The number of fused-ring (bicyclic) bond motifs is 1. The lowest BCUT2D eigenvalue weighted by Gasteiger charge is -2.49. The Hall–Kier alpha value is -3.43. The number of carboxylic acid groups (broad SMARTS) is 1. The predicted molar refractivity (Wildman–Crippen MR) is 170 cm³/mol. The number of hydrogen-bond donors (Lipinski definition) is 2. The Labute approximate surface area is 267 Å². The molecule has 0 bridgehead atoms. The summed E-state index contributed by atoms with van der Waals surface area (Å²) < 4.78 is -0.828. The highest BCUT2D eigenvalue weighted by atomic mass is 32.2. The van der Waals surface area contributed by atoms with Gasteiger partial charge in [0.25, 0.3) is 11.6 Å². The minimum Gasteiger partial charge on any atom is -0.479 e. The maximum absolute atomic E-state index is 13.8. The minimum atomic E-state index is -1.49. The van der Waals surface area contributed by atoms with E-state index in [0.717, 1.165) is 17.3 Å². The lowest BCUT2D eigenvalue weighted by molar-refractivity contribution is -0.384. The molecule has 44 heavy (non-hydrogen) atoms. The number of benzene rings is 2. The van der Waals surface area contributed by atoms with Crippen LogP contribution in [-0.4, -0.2) is 72.1 Å². The lowest BCUT2D eigenvalue weighted by Crippen LogP contribution is -2.75. The van der Waals surface area contributed by atoms with Gasteiger partial charge in [-0.1, -0.05) is 36.4 Å². The Balaban J connectivity index is 1.32. The van der Waals surface area contributed by atoms with Gasteiger partial charge in [-0.2, -0.15) is 5.06 Å². The van der Waals surface area contributed by atoms with E-state index in [1.807, 2.05) is 48.7 Å². The van der Waals surface area contributed by atoms with E-state index in [1.165, 1.54) is 45.2 Å². The number of aliphatic carboxylic acids is 1. The molecule has 2 amide bonds. The van der Waals surface area contributed by atoms with Gasteiger partial charge in [0, 0.05) is 24.1 Å². The Morgan fingerprint density at radius 1 is 1.16 bits per heavy atom. The van der Waals surface area contributed by atoms with Crippen LogP contribution in [-0.2, 0) is 32.2 Å². The molecule has 0 radical (unpaired) electrons. The van der Waals surface area contributed by atoms with Gasteiger partial charge in [-0.05, 0) is 60.7 Å². The Bertz CT molecular complexity index is 1530. The maximum Gasteiger partial charge on any atom is 0.341 e. The van der Waals surface area contributed by atoms with Crippen molar-refractivity contribution in [3.05, 3.63) is 98.2 Å². The topological polar surface area (TPSA) is 142 Å². The molecule has 0 saturated carbocycles. The summed E-state index contributed by atoms with van der Waals surface area (Å²) in [4.78, 5) is 57.3. The molecule has 0 aliphatic carbocycles. The van der Waals surface area contributed by atoms with E-state index in [0.29, 0.717) is 23.3 Å². The van der Waals surface area contributed by atoms with Crippen molar-refractivity contribution in [2.75, 3.05) is 13.3 Å². The van der Waals surface area contributed by atoms with E-state index in [4.69, 9.17) is 4.84 Å². The second-order valence-corrected chi connectivity index (χ2v) is 14.3. The molecule has 11 nitrogen and oxygen atoms in total. The van der Waals surface area contributed by atoms with Gasteiger partial charge < -0.3 is 15.3 Å². The van der Waals surface area contributed by atoms with Crippen LogP contribution in [0.4, 0.5) is 5.69 Å². The summed E-state index contributed by atoms with van der Waals surface area (Å²) in [7, 11) is 1.61. The van der Waals surface area contributed by atoms with Gasteiger partial charge in [0.05, 0.1) is 16.3 Å². The molecular formula is C30H32N4O7S3. The summed E-state index contributed by atoms with van der Waals surface area (Å²) in [5, 5.41) is 27.1. The first-order valence-electron chi connectivity index (χ1n) is 13.8. The third kappa shape index (κ3) is 5.72. The van der Waals surface area contributed by atoms with Crippen molar-refractivity contribution >= 4 is 58.3 Å². The number of hydrogen-bond acceptors (Lipinski definition) is 10. The number of nitro groups is 1. The van der Waals surface area contributed by atoms with E-state index in [1.54, 1.807) is 31.5 Å². The zero-order valence-electron chi connectivity index (χ0n) is 24.2. The molecule has 14 heteroatoms. The number of nitrogens with one attached hydrogen (secondary N) is 1. The Morgan fingerprint density at radius 3 is 2.45 bits per heavy atom. The van der Waals surface area contributed by atoms with Gasteiger partial charge in [0.15, 0.2) is 0 Å². The van der Waals surface area contributed by atoms with Gasteiger partial charge in [-0.15, -0.1) is 34.9 Å². The van der Waals surface area contributed by atoms with Crippen LogP contribution in [0.5, 0.6) is 0 Å². The number of carbonyl (C=O) groups excluding carboxylic acids is 2. The standard InChI is InChI=1S/C30H32N4O7S3/c1-29(16-15-19-8-5-4-6-9-19)30(42-3,28(37)38)33-26(36)23(27(33)44-29)31-25(35)24(22-10-7-17-43-22)32(2)41-18-20-11-13-21(14-12-20)34(39)40/h4-14,17,23-24,27H,15-16,18H2,1-3H3,(H,31,35)(H,37,38)/t23-,24?,27-,29?,30-/m1/s1. The summed E-state index contributed by atoms with van der Waals surface area (Å²) >= 11 is 3.92. The zero-order chi connectivity index (χ0) is 31.6. The van der Waals surface area contributed by atoms with Crippen molar-refractivity contribution in [3.8, 4) is 0 Å². The molecule has 2 unspecified atom stereocenters. The number of carbonyl (C=O) groups is 3. The number of carboxylic acids is 1. The van der Waals surface area contributed by atoms with Crippen LogP contribution in [0.3, 0.4) is 0 Å². The predicted octanol–water partition coefficient (Wildman–Crippen LogP) is 4.70. The molecule has 2 saturated heterocycles. The lowest BCUT2D eigenvalue weighted by atomic mass is 9.88. The molecule has 2 fully saturated rings. The van der Waals surface area contributed by atoms with Crippen molar-refractivity contribution in [2.45, 2.75) is 53.4 Å². The quantitative estimate of drug-likeness (QED) is 0.151. The number of hydroxylamine groups is 2. The zero-order valence-corrected chi connectivity index (χ0v) is 26.7. The molecule has 2 aromatic carbocycles. The van der Waals surface area contributed by atoms with Crippen LogP contribution in [0.25, 0.3) is 0 Å². The summed E-state index contributed by atoms with van der Waals surface area (Å²) in [6, 6.07) is 17.6. The van der Waals surface area contributed by atoms with Crippen LogP contribution >= 0.6 is 34.9 Å². The van der Waals surface area contributed by atoms with Crippen LogP contribution < -0.4 is 5.32 Å². The highest BCUT2D eigenvalue weighted by Crippen LogP contribution is 2.62. The van der Waals surface area contributed by atoms with E-state index >= 15 is 0 Å². The van der Waals surface area contributed by atoms with Crippen molar-refractivity contribution in [2.24, 2.45) is 0 Å². The second-order valence-electron chi connectivity index (χ2n) is 10.7. The van der Waals surface area contributed by atoms with Crippen molar-refractivity contribution in [3.63, 3.8) is 0 Å². The van der Waals surface area contributed by atoms with E-state index in [9.17, 15) is 29.6 Å². The number of amides is 2. The highest BCUT2D eigenvalue weighted by Gasteiger charge is 2.74. The normalized spacial score (nSPS) is 24.9. The number of likely N-dealkylation sites (N-methyl/N-ethyl adjacent to an activating group) is 1. The highest BCUT2D eigenvalue weighted by molar-refractivity contribution is 8.06. The fourth-order valence-corrected chi connectivity index (χ4v) is 9.97. The fourth-order valence-electron chi connectivity index (χ4n) is 5.76. The first-order chi connectivity index (χ1) is 21.0. The number of non-ortho nitro benzene ring substituents is 1. The molecule has 2 aliphatic heterocycles. The minimum absolute atomic E-state index is 0.0357. The smallest absolute Gasteiger partial charge is 0.341 e. The summed E-state index contributed by atoms with van der Waals surface area (Å²) in [6.45, 7) is 1.96. The average Bonchev–Trinajstić information content (AvgIpc) is 3.62. The maximum atomic E-state index is 13.8. The fraction of sp³-hybridized carbons (Fsp3) is 0.367. The monoisotopic (exact) mass is 656 g/mol. The molecule has 232 valence electrons. The largest absolute Gasteiger partial charge is 0.479 e. The van der Waals surface area contributed by atoms with E-state index < -0.39 is 49.8 Å². The van der Waals surface area contributed by atoms with Crippen LogP contribution in [0.1, 0.15) is 35.4 Å². The summed E-state index contributed by atoms with van der Waals surface area (Å²) in [5.41, 5.74) is 1.72. The summed E-state index contributed by atoms with van der Waals surface area (Å²) in [6.07, 6.45) is 2.87. The van der Waals surface area contributed by atoms with Crippen molar-refractivity contribution in [1.82, 2.24) is 15.3 Å². The third-order valence-electron chi connectivity index (χ3n) is 8.10. The Kier molecular flexibility index (Phi) is 9.37. The number of rotatable bonds is 13. The van der Waals surface area contributed by atoms with Crippen LogP contribution in [0, 0.1) is 10.1 Å². The average molecular weight is 657 g/mol. The van der Waals surface area contributed by atoms with Gasteiger partial charge >= 0.3 is 5.97 Å². The van der Waals surface area contributed by atoms with Gasteiger partial charge in [0.1, 0.15) is 17.5 Å². The molecule has 1 aromatic heterocycles. The molecule has 5 rings (SSSR count). The van der Waals surface area contributed by atoms with Gasteiger partial charge in [-0.3, -0.25) is 24.5 Å². The van der Waals surface area contributed by atoms with E-state index in [2.05, 4.69) is 5.32 Å². The van der Waals surface area contributed by atoms with Gasteiger partial charge in [0.2, 0.25) is 10.8 Å². The molecular weight excluding hydrogens is 625 g/mol. The van der Waals surface area contributed by atoms with Crippen LogP contribution in [0.2, 0.25) is 0 Å². The number of β-lactam (4-membered cyclic amide) rings is 1. The first-order valence-corrected chi connectivity index (χ1v) is 16.8. The molecule has 0 spiro atoms. The molecule has 3 heterocycles. The van der Waals surface area contributed by atoms with Gasteiger partial charge in [-0.25, -0.2) is 4.79 Å². The molecule has 3 aromatic rings.